The van der Waals surface area contributed by atoms with Crippen LogP contribution < -0.4 is 11.5 Å². The average Bonchev–Trinajstić information content (AvgIpc) is 2.83. The molecule has 0 rings (SSSR count). The quantitative estimate of drug-likeness (QED) is 0.0886. The Balaban J connectivity index is 6.91. The van der Waals surface area contributed by atoms with Gasteiger partial charge < -0.3 is 30.4 Å². The number of nitrogens with two attached hydrogens (primary N) is 2. The van der Waals surface area contributed by atoms with E-state index in [9.17, 15) is 19.2 Å². The van der Waals surface area contributed by atoms with E-state index in [0.29, 0.717) is 6.42 Å². The highest BCUT2D eigenvalue weighted by atomic mass is 16.6. The molecule has 1 unspecified atom stereocenters. The van der Waals surface area contributed by atoms with E-state index in [4.69, 9.17) is 30.4 Å². The summed E-state index contributed by atoms with van der Waals surface area (Å²) in [5.74, 6) is -1.03. The summed E-state index contributed by atoms with van der Waals surface area (Å²) in [4.78, 5) is 62.2. The highest BCUT2D eigenvalue weighted by molar-refractivity contribution is 6.00. The van der Waals surface area contributed by atoms with Crippen molar-refractivity contribution in [2.75, 3.05) is 6.54 Å². The SMILES string of the molecule is CCCCCCCCCCC(CN(C(=O)OC(C)(C)C)C(N)=NC(=O)OC(C)(C)C)N(C(=O)OC(C)(C)C)C(N)=NC(=O)OC(C)(C)C. The van der Waals surface area contributed by atoms with Gasteiger partial charge in [-0.1, -0.05) is 58.3 Å². The first-order valence-electron chi connectivity index (χ1n) is 16.9. The number of hydrogen-bond donors (Lipinski definition) is 2. The van der Waals surface area contributed by atoms with E-state index in [1.54, 1.807) is 83.1 Å². The fourth-order valence-electron chi connectivity index (χ4n) is 4.22. The standard InChI is InChI=1S/C34H64N6O8/c1-14-15-16-17-18-19-20-21-22-24(40(30(44)48-34(11,12)13)26(36)38-28(42)46-32(5,6)7)23-39(29(43)47-33(8,9)10)25(35)37-27(41)45-31(2,3)4/h24H,14-23H2,1-13H3,(H2,35,37,41)(H2,36,38,42). The molecule has 14 nitrogen and oxygen atoms in total. The van der Waals surface area contributed by atoms with E-state index in [2.05, 4.69) is 16.9 Å². The predicted molar refractivity (Wildman–Crippen MR) is 188 cm³/mol. The van der Waals surface area contributed by atoms with Crippen molar-refractivity contribution in [3.05, 3.63) is 0 Å². The number of carbonyl (C=O) groups excluding carboxylic acids is 4. The summed E-state index contributed by atoms with van der Waals surface area (Å²) in [6.45, 7) is 21.8. The van der Waals surface area contributed by atoms with Crippen molar-refractivity contribution in [2.24, 2.45) is 21.5 Å². The van der Waals surface area contributed by atoms with Crippen LogP contribution in [-0.4, -0.2) is 81.1 Å². The third kappa shape index (κ3) is 21.3. The highest BCUT2D eigenvalue weighted by Crippen LogP contribution is 2.21. The molecular formula is C34H64N6O8. The smallest absolute Gasteiger partial charge is 0.437 e. The normalized spacial score (nSPS) is 13.8. The Kier molecular flexibility index (Phi) is 18.0. The number of rotatable bonds is 12. The molecule has 0 bridgehead atoms. The van der Waals surface area contributed by atoms with Crippen LogP contribution in [0, 0.1) is 0 Å². The van der Waals surface area contributed by atoms with Gasteiger partial charge in [0.15, 0.2) is 0 Å². The summed E-state index contributed by atoms with van der Waals surface area (Å²) in [7, 11) is 0. The van der Waals surface area contributed by atoms with Crippen molar-refractivity contribution >= 4 is 36.3 Å². The molecule has 0 aliphatic rings. The molecule has 4 amide bonds. The van der Waals surface area contributed by atoms with Gasteiger partial charge in [-0.2, -0.15) is 0 Å². The topological polar surface area (TPSA) is 188 Å². The minimum Gasteiger partial charge on any atom is -0.443 e. The molecule has 0 aliphatic heterocycles. The second kappa shape index (κ2) is 19.4. The van der Waals surface area contributed by atoms with E-state index < -0.39 is 64.7 Å². The predicted octanol–water partition coefficient (Wildman–Crippen LogP) is 7.86. The minimum atomic E-state index is -1.02. The maximum Gasteiger partial charge on any atom is 0.437 e. The molecule has 0 aliphatic carbocycles. The zero-order valence-corrected chi connectivity index (χ0v) is 31.9. The van der Waals surface area contributed by atoms with E-state index in [1.807, 2.05) is 0 Å². The van der Waals surface area contributed by atoms with E-state index in [-0.39, 0.29) is 13.0 Å². The second-order valence-corrected chi connectivity index (χ2v) is 15.8. The molecule has 0 heterocycles. The van der Waals surface area contributed by atoms with Crippen LogP contribution in [0.1, 0.15) is 148 Å². The van der Waals surface area contributed by atoms with E-state index in [0.717, 1.165) is 41.9 Å². The van der Waals surface area contributed by atoms with E-state index in [1.165, 1.54) is 12.8 Å². The minimum absolute atomic E-state index is 0.289. The first-order valence-corrected chi connectivity index (χ1v) is 16.9. The summed E-state index contributed by atoms with van der Waals surface area (Å²) in [5.41, 5.74) is 8.93. The Hall–Kier alpha value is -3.58. The first kappa shape index (κ1) is 44.4. The molecule has 0 aromatic carbocycles. The van der Waals surface area contributed by atoms with Crippen LogP contribution in [0.4, 0.5) is 19.2 Å². The molecule has 0 saturated heterocycles. The summed E-state index contributed by atoms with van der Waals surface area (Å²) < 4.78 is 21.9. The Morgan fingerprint density at radius 1 is 0.562 bits per heavy atom. The van der Waals surface area contributed by atoms with Gasteiger partial charge in [-0.25, -0.2) is 29.0 Å². The monoisotopic (exact) mass is 684 g/mol. The van der Waals surface area contributed by atoms with Gasteiger partial charge in [0.2, 0.25) is 11.9 Å². The lowest BCUT2D eigenvalue weighted by Gasteiger charge is -2.36. The summed E-state index contributed by atoms with van der Waals surface area (Å²) in [6.07, 6.45) is 4.50. The molecule has 14 heteroatoms. The number of unbranched alkanes of at least 4 members (excludes halogenated alkanes) is 7. The fraction of sp³-hybridized carbons (Fsp3) is 0.824. The fourth-order valence-corrected chi connectivity index (χ4v) is 4.22. The van der Waals surface area contributed by atoms with Crippen LogP contribution in [-0.2, 0) is 18.9 Å². The van der Waals surface area contributed by atoms with Gasteiger partial charge in [-0.3, -0.25) is 0 Å². The Labute approximate surface area is 288 Å². The summed E-state index contributed by atoms with van der Waals surface area (Å²) >= 11 is 0. The van der Waals surface area contributed by atoms with Gasteiger partial charge >= 0.3 is 24.4 Å². The van der Waals surface area contributed by atoms with Crippen LogP contribution in [0.2, 0.25) is 0 Å². The van der Waals surface area contributed by atoms with Gasteiger partial charge in [0.05, 0.1) is 12.6 Å². The Morgan fingerprint density at radius 2 is 0.938 bits per heavy atom. The summed E-state index contributed by atoms with van der Waals surface area (Å²) in [6, 6.07) is -0.953. The molecule has 1 atom stereocenters. The van der Waals surface area contributed by atoms with Crippen molar-refractivity contribution in [1.82, 2.24) is 9.80 Å². The van der Waals surface area contributed by atoms with Gasteiger partial charge in [-0.15, -0.1) is 9.98 Å². The van der Waals surface area contributed by atoms with Crippen molar-refractivity contribution in [3.8, 4) is 0 Å². The number of guanidine groups is 2. The lowest BCUT2D eigenvalue weighted by atomic mass is 10.0. The number of ether oxygens (including phenoxy) is 4. The summed E-state index contributed by atoms with van der Waals surface area (Å²) in [5, 5.41) is 0. The number of carbonyl (C=O) groups is 4. The number of aliphatic imine (C=N–C) groups is 2. The maximum atomic E-state index is 13.7. The third-order valence-corrected chi connectivity index (χ3v) is 6.08. The van der Waals surface area contributed by atoms with E-state index >= 15 is 0 Å². The van der Waals surface area contributed by atoms with Crippen molar-refractivity contribution in [2.45, 2.75) is 176 Å². The van der Waals surface area contributed by atoms with Crippen LogP contribution in [0.15, 0.2) is 9.98 Å². The highest BCUT2D eigenvalue weighted by Gasteiger charge is 2.36. The van der Waals surface area contributed by atoms with Crippen molar-refractivity contribution < 1.29 is 38.1 Å². The second-order valence-electron chi connectivity index (χ2n) is 15.8. The van der Waals surface area contributed by atoms with Gasteiger partial charge in [0, 0.05) is 0 Å². The molecule has 0 aromatic heterocycles. The van der Waals surface area contributed by atoms with Gasteiger partial charge in [0.25, 0.3) is 0 Å². The lowest BCUT2D eigenvalue weighted by Crippen LogP contribution is -2.57. The van der Waals surface area contributed by atoms with Crippen LogP contribution in [0.5, 0.6) is 0 Å². The number of nitrogens with zero attached hydrogens (tertiary/aromatic N) is 4. The van der Waals surface area contributed by atoms with Crippen LogP contribution in [0.25, 0.3) is 0 Å². The zero-order chi connectivity index (χ0) is 37.5. The average molecular weight is 685 g/mol. The molecule has 278 valence electrons. The maximum absolute atomic E-state index is 13.7. The molecule has 4 N–H and O–H groups in total. The largest absolute Gasteiger partial charge is 0.443 e. The first-order chi connectivity index (χ1) is 21.7. The van der Waals surface area contributed by atoms with Crippen LogP contribution >= 0.6 is 0 Å². The molecular weight excluding hydrogens is 620 g/mol. The third-order valence-electron chi connectivity index (χ3n) is 6.08. The van der Waals surface area contributed by atoms with Crippen molar-refractivity contribution in [3.63, 3.8) is 0 Å². The lowest BCUT2D eigenvalue weighted by molar-refractivity contribution is 0.0207. The van der Waals surface area contributed by atoms with Gasteiger partial charge in [-0.05, 0) is 89.5 Å². The number of hydrogen-bond acceptors (Lipinski definition) is 8. The molecule has 0 aromatic rings. The zero-order valence-electron chi connectivity index (χ0n) is 31.9. The van der Waals surface area contributed by atoms with Gasteiger partial charge in [0.1, 0.15) is 22.4 Å². The molecule has 0 radical (unpaired) electrons. The Bertz CT molecular complexity index is 1110. The van der Waals surface area contributed by atoms with Crippen LogP contribution in [0.3, 0.4) is 0 Å². The number of amides is 4. The Morgan fingerprint density at radius 3 is 1.35 bits per heavy atom. The molecule has 48 heavy (non-hydrogen) atoms. The van der Waals surface area contributed by atoms with Crippen molar-refractivity contribution in [1.29, 1.82) is 0 Å². The molecule has 0 fully saturated rings. The molecule has 0 spiro atoms. The molecule has 0 saturated carbocycles.